The Hall–Kier alpha value is -3.89. The average Bonchev–Trinajstić information content (AvgIpc) is 3.35. The summed E-state index contributed by atoms with van der Waals surface area (Å²) in [5, 5.41) is 5.72. The molecule has 36 heavy (non-hydrogen) atoms. The number of thiazole rings is 1. The fourth-order valence-corrected chi connectivity index (χ4v) is 5.54. The number of hydrogen-bond donors (Lipinski definition) is 1. The van der Waals surface area contributed by atoms with Crippen molar-refractivity contribution < 1.29 is 22.7 Å². The molecule has 0 saturated carbocycles. The molecule has 8 nitrogen and oxygen atoms in total. The van der Waals surface area contributed by atoms with Crippen LogP contribution in [0.2, 0.25) is 0 Å². The van der Waals surface area contributed by atoms with Crippen LogP contribution in [0, 0.1) is 0 Å². The van der Waals surface area contributed by atoms with E-state index in [0.29, 0.717) is 22.3 Å². The summed E-state index contributed by atoms with van der Waals surface area (Å²) < 4.78 is 38.0. The monoisotopic (exact) mass is 523 g/mol. The molecule has 0 unspecified atom stereocenters. The largest absolute Gasteiger partial charge is 0.482 e. The van der Waals surface area contributed by atoms with Gasteiger partial charge in [-0.2, -0.15) is 0 Å². The first kappa shape index (κ1) is 25.2. The third-order valence-corrected chi connectivity index (χ3v) is 7.78. The van der Waals surface area contributed by atoms with Gasteiger partial charge < -0.3 is 14.8 Å². The maximum absolute atomic E-state index is 13.0. The van der Waals surface area contributed by atoms with Crippen LogP contribution in [0.15, 0.2) is 95.2 Å². The molecular formula is C26H25N3O5S2. The summed E-state index contributed by atoms with van der Waals surface area (Å²) in [6, 6.07) is 24.5. The molecule has 0 fully saturated rings. The number of nitrogens with one attached hydrogen (secondary N) is 1. The van der Waals surface area contributed by atoms with Gasteiger partial charge in [0.2, 0.25) is 0 Å². The zero-order valence-electron chi connectivity index (χ0n) is 19.5. The van der Waals surface area contributed by atoms with Gasteiger partial charge in [-0.1, -0.05) is 36.4 Å². The number of carbonyl (C=O) groups is 1. The predicted octanol–water partition coefficient (Wildman–Crippen LogP) is 5.22. The number of carbonyl (C=O) groups excluding carboxylic acids is 1. The molecule has 1 heterocycles. The smallest absolute Gasteiger partial charge is 0.344 e. The van der Waals surface area contributed by atoms with Gasteiger partial charge in [0.1, 0.15) is 12.4 Å². The van der Waals surface area contributed by atoms with E-state index in [1.54, 1.807) is 61.5 Å². The van der Waals surface area contributed by atoms with E-state index >= 15 is 0 Å². The number of rotatable bonds is 11. The van der Waals surface area contributed by atoms with Gasteiger partial charge in [-0.3, -0.25) is 4.31 Å². The summed E-state index contributed by atoms with van der Waals surface area (Å²) in [5.41, 5.74) is 2.06. The van der Waals surface area contributed by atoms with Crippen LogP contribution in [-0.2, 0) is 26.2 Å². The fraction of sp³-hybridized carbons (Fsp3) is 0.154. The number of para-hydroxylation sites is 1. The molecule has 0 amide bonds. The van der Waals surface area contributed by atoms with Gasteiger partial charge in [0, 0.05) is 17.6 Å². The molecule has 0 aliphatic rings. The number of anilines is 3. The predicted molar refractivity (Wildman–Crippen MR) is 140 cm³/mol. The Kier molecular flexibility index (Phi) is 8.19. The van der Waals surface area contributed by atoms with Gasteiger partial charge in [0.25, 0.3) is 10.0 Å². The Bertz CT molecular complexity index is 1380. The molecule has 4 aromatic rings. The number of nitrogens with zero attached hydrogens (tertiary/aromatic N) is 2. The van der Waals surface area contributed by atoms with Gasteiger partial charge in [0.15, 0.2) is 11.7 Å². The van der Waals surface area contributed by atoms with Crippen molar-refractivity contribution in [3.8, 4) is 5.75 Å². The summed E-state index contributed by atoms with van der Waals surface area (Å²) in [4.78, 5) is 16.8. The maximum Gasteiger partial charge on any atom is 0.344 e. The Morgan fingerprint density at radius 2 is 1.64 bits per heavy atom. The Morgan fingerprint density at radius 3 is 2.31 bits per heavy atom. The molecule has 10 heteroatoms. The Labute approximate surface area is 214 Å². The third kappa shape index (κ3) is 6.41. The van der Waals surface area contributed by atoms with Crippen molar-refractivity contribution in [1.29, 1.82) is 0 Å². The first-order valence-corrected chi connectivity index (χ1v) is 13.5. The standard InChI is InChI=1S/C26H25N3O5S2/c1-2-29(36(31,32)24-11-7-4-8-12-24)22-13-15-23(16-14-22)33-18-25(30)34-17-21-19-35-26(28-21)27-20-9-5-3-6-10-20/h3-16,19H,2,17-18H2,1H3,(H,27,28). The van der Waals surface area contributed by atoms with Crippen molar-refractivity contribution >= 4 is 43.8 Å². The fourth-order valence-electron chi connectivity index (χ4n) is 3.33. The van der Waals surface area contributed by atoms with E-state index in [0.717, 1.165) is 5.69 Å². The number of benzene rings is 3. The van der Waals surface area contributed by atoms with E-state index in [-0.39, 0.29) is 24.7 Å². The van der Waals surface area contributed by atoms with E-state index in [9.17, 15) is 13.2 Å². The van der Waals surface area contributed by atoms with Gasteiger partial charge >= 0.3 is 5.97 Å². The zero-order valence-corrected chi connectivity index (χ0v) is 21.2. The molecule has 186 valence electrons. The van der Waals surface area contributed by atoms with Crippen LogP contribution in [0.5, 0.6) is 5.75 Å². The van der Waals surface area contributed by atoms with Crippen molar-refractivity contribution in [3.63, 3.8) is 0 Å². The number of ether oxygens (including phenoxy) is 2. The summed E-state index contributed by atoms with van der Waals surface area (Å²) in [5.74, 6) is -0.113. The minimum Gasteiger partial charge on any atom is -0.482 e. The van der Waals surface area contributed by atoms with E-state index in [2.05, 4.69) is 10.3 Å². The van der Waals surface area contributed by atoms with Crippen LogP contribution in [-0.4, -0.2) is 32.5 Å². The van der Waals surface area contributed by atoms with Crippen molar-refractivity contribution in [1.82, 2.24) is 4.98 Å². The van der Waals surface area contributed by atoms with Crippen molar-refractivity contribution in [2.75, 3.05) is 22.8 Å². The zero-order chi connectivity index (χ0) is 25.4. The first-order chi connectivity index (χ1) is 17.5. The number of aromatic nitrogens is 1. The highest BCUT2D eigenvalue weighted by Gasteiger charge is 2.23. The quantitative estimate of drug-likeness (QED) is 0.269. The van der Waals surface area contributed by atoms with E-state index < -0.39 is 16.0 Å². The lowest BCUT2D eigenvalue weighted by atomic mass is 10.3. The highest BCUT2D eigenvalue weighted by atomic mass is 32.2. The molecule has 1 N–H and O–H groups in total. The lowest BCUT2D eigenvalue weighted by molar-refractivity contribution is -0.147. The SMILES string of the molecule is CCN(c1ccc(OCC(=O)OCc2csc(Nc3ccccc3)n2)cc1)S(=O)(=O)c1ccccc1. The average molecular weight is 524 g/mol. The summed E-state index contributed by atoms with van der Waals surface area (Å²) in [7, 11) is -3.68. The Balaban J connectivity index is 1.27. The van der Waals surface area contributed by atoms with Gasteiger partial charge in [-0.25, -0.2) is 18.2 Å². The molecule has 4 rings (SSSR count). The lowest BCUT2D eigenvalue weighted by Gasteiger charge is -2.23. The van der Waals surface area contributed by atoms with Gasteiger partial charge in [0.05, 0.1) is 16.3 Å². The second-order valence-electron chi connectivity index (χ2n) is 7.56. The number of esters is 1. The number of hydrogen-bond acceptors (Lipinski definition) is 8. The number of sulfonamides is 1. The highest BCUT2D eigenvalue weighted by molar-refractivity contribution is 7.92. The van der Waals surface area contributed by atoms with Crippen LogP contribution < -0.4 is 14.4 Å². The highest BCUT2D eigenvalue weighted by Crippen LogP contribution is 2.26. The van der Waals surface area contributed by atoms with Crippen molar-refractivity contribution in [2.45, 2.75) is 18.4 Å². The molecule has 3 aromatic carbocycles. The first-order valence-electron chi connectivity index (χ1n) is 11.2. The minimum absolute atomic E-state index is 0.0386. The maximum atomic E-state index is 13.0. The van der Waals surface area contributed by atoms with Gasteiger partial charge in [-0.05, 0) is 55.5 Å². The third-order valence-electron chi connectivity index (χ3n) is 5.06. The van der Waals surface area contributed by atoms with E-state index in [4.69, 9.17) is 9.47 Å². The van der Waals surface area contributed by atoms with Crippen LogP contribution in [0.25, 0.3) is 0 Å². The molecule has 0 saturated heterocycles. The molecule has 0 spiro atoms. The Morgan fingerprint density at radius 1 is 0.972 bits per heavy atom. The summed E-state index contributed by atoms with van der Waals surface area (Å²) >= 11 is 1.42. The van der Waals surface area contributed by atoms with Crippen molar-refractivity contribution in [3.05, 3.63) is 96.0 Å². The van der Waals surface area contributed by atoms with Crippen LogP contribution in [0.3, 0.4) is 0 Å². The molecule has 0 atom stereocenters. The normalized spacial score (nSPS) is 11.0. The summed E-state index contributed by atoms with van der Waals surface area (Å²) in [6.45, 7) is 1.79. The van der Waals surface area contributed by atoms with E-state index in [1.807, 2.05) is 35.7 Å². The van der Waals surface area contributed by atoms with Crippen molar-refractivity contribution in [2.24, 2.45) is 0 Å². The molecule has 0 radical (unpaired) electrons. The minimum atomic E-state index is -3.68. The van der Waals surface area contributed by atoms with Crippen LogP contribution >= 0.6 is 11.3 Å². The molecule has 0 bridgehead atoms. The second kappa shape index (κ2) is 11.7. The second-order valence-corrected chi connectivity index (χ2v) is 10.3. The van der Waals surface area contributed by atoms with Gasteiger partial charge in [-0.15, -0.1) is 11.3 Å². The lowest BCUT2D eigenvalue weighted by Crippen LogP contribution is -2.30. The molecule has 0 aliphatic heterocycles. The molecule has 1 aromatic heterocycles. The topological polar surface area (TPSA) is 97.8 Å². The molecule has 0 aliphatic carbocycles. The van der Waals surface area contributed by atoms with Crippen LogP contribution in [0.1, 0.15) is 12.6 Å². The molecular weight excluding hydrogens is 498 g/mol. The van der Waals surface area contributed by atoms with Crippen LogP contribution in [0.4, 0.5) is 16.5 Å². The van der Waals surface area contributed by atoms with E-state index in [1.165, 1.54) is 15.6 Å². The summed E-state index contributed by atoms with van der Waals surface area (Å²) in [6.07, 6.45) is 0.